The van der Waals surface area contributed by atoms with Crippen LogP contribution in [-0.2, 0) is 9.05 Å². The number of alkyl halides is 2. The molecule has 0 aromatic carbocycles. The Balaban J connectivity index is 3.62. The van der Waals surface area contributed by atoms with Gasteiger partial charge in [0.1, 0.15) is 10.6 Å². The summed E-state index contributed by atoms with van der Waals surface area (Å²) >= 11 is 2.87. The fraction of sp³-hybridized carbons (Fsp3) is 0.286. The maximum Gasteiger partial charge on any atom is 0.281 e. The monoisotopic (exact) mass is 319 g/mol. The van der Waals surface area contributed by atoms with Crippen LogP contribution >= 0.6 is 26.6 Å². The molecule has 0 bridgehead atoms. The van der Waals surface area contributed by atoms with Crippen molar-refractivity contribution in [2.45, 2.75) is 18.2 Å². The molecule has 0 aliphatic carbocycles. The molecule has 8 heteroatoms. The summed E-state index contributed by atoms with van der Waals surface area (Å²) in [5.74, 6) is 0. The zero-order chi connectivity index (χ0) is 11.8. The van der Waals surface area contributed by atoms with Gasteiger partial charge in [0.25, 0.3) is 15.5 Å². The molecule has 0 unspecified atom stereocenters. The summed E-state index contributed by atoms with van der Waals surface area (Å²) in [6.45, 7) is 1.47. The van der Waals surface area contributed by atoms with E-state index in [0.29, 0.717) is 0 Å². The highest BCUT2D eigenvalue weighted by atomic mass is 79.9. The Bertz CT molecular complexity index is 492. The third-order valence-electron chi connectivity index (χ3n) is 1.53. The minimum Gasteiger partial charge on any atom is -0.251 e. The molecule has 0 aliphatic heterocycles. The third kappa shape index (κ3) is 2.85. The predicted molar refractivity (Wildman–Crippen MR) is 54.7 cm³/mol. The molecule has 15 heavy (non-hydrogen) atoms. The summed E-state index contributed by atoms with van der Waals surface area (Å²) in [7, 11) is 0.791. The molecule has 3 nitrogen and oxygen atoms in total. The molecular formula is C7H5BrClF2NO2S. The van der Waals surface area contributed by atoms with Crippen LogP contribution in [0.4, 0.5) is 8.78 Å². The Hall–Kier alpha value is -0.270. The first-order chi connectivity index (χ1) is 6.73. The van der Waals surface area contributed by atoms with Crippen molar-refractivity contribution >= 4 is 35.7 Å². The van der Waals surface area contributed by atoms with E-state index < -0.39 is 26.1 Å². The lowest BCUT2D eigenvalue weighted by atomic mass is 10.3. The van der Waals surface area contributed by atoms with Gasteiger partial charge < -0.3 is 0 Å². The number of pyridine rings is 1. The van der Waals surface area contributed by atoms with E-state index in [4.69, 9.17) is 10.7 Å². The van der Waals surface area contributed by atoms with E-state index in [-0.39, 0.29) is 10.2 Å². The summed E-state index contributed by atoms with van der Waals surface area (Å²) in [4.78, 5) is 2.78. The summed E-state index contributed by atoms with van der Waals surface area (Å²) in [6.07, 6.45) is -3.00. The molecule has 1 aromatic rings. The van der Waals surface area contributed by atoms with Gasteiger partial charge >= 0.3 is 0 Å². The van der Waals surface area contributed by atoms with E-state index in [1.165, 1.54) is 13.0 Å². The number of hydrogen-bond acceptors (Lipinski definition) is 3. The highest BCUT2D eigenvalue weighted by Gasteiger charge is 2.26. The van der Waals surface area contributed by atoms with Gasteiger partial charge in [0.05, 0.1) is 0 Å². The fourth-order valence-electron chi connectivity index (χ4n) is 1.03. The molecule has 0 spiro atoms. The first kappa shape index (κ1) is 12.8. The number of nitrogens with zero attached hydrogens (tertiary/aromatic N) is 1. The molecule has 0 saturated carbocycles. The Morgan fingerprint density at radius 3 is 2.47 bits per heavy atom. The van der Waals surface area contributed by atoms with Gasteiger partial charge in [-0.3, -0.25) is 4.98 Å². The van der Waals surface area contributed by atoms with Crippen molar-refractivity contribution in [1.29, 1.82) is 0 Å². The third-order valence-corrected chi connectivity index (χ3v) is 3.80. The topological polar surface area (TPSA) is 47.0 Å². The van der Waals surface area contributed by atoms with Gasteiger partial charge in [-0.05, 0) is 28.9 Å². The van der Waals surface area contributed by atoms with Crippen LogP contribution in [0.5, 0.6) is 0 Å². The quantitative estimate of drug-likeness (QED) is 0.787. The van der Waals surface area contributed by atoms with E-state index in [2.05, 4.69) is 20.9 Å². The molecule has 1 aromatic heterocycles. The number of aromatic nitrogens is 1. The van der Waals surface area contributed by atoms with Crippen molar-refractivity contribution in [2.75, 3.05) is 0 Å². The summed E-state index contributed by atoms with van der Waals surface area (Å²) in [5, 5.41) is 0. The van der Waals surface area contributed by atoms with E-state index >= 15 is 0 Å². The van der Waals surface area contributed by atoms with Crippen LogP contribution in [0.2, 0.25) is 0 Å². The molecule has 84 valence electrons. The lowest BCUT2D eigenvalue weighted by molar-refractivity contribution is 0.142. The van der Waals surface area contributed by atoms with Gasteiger partial charge in [0.2, 0.25) is 0 Å². The first-order valence-corrected chi connectivity index (χ1v) is 6.73. The van der Waals surface area contributed by atoms with Crippen molar-refractivity contribution in [3.63, 3.8) is 0 Å². The van der Waals surface area contributed by atoms with E-state index in [9.17, 15) is 17.2 Å². The van der Waals surface area contributed by atoms with Gasteiger partial charge in [0, 0.05) is 20.8 Å². The minimum absolute atomic E-state index is 0.0136. The maximum absolute atomic E-state index is 12.5. The van der Waals surface area contributed by atoms with Gasteiger partial charge in [-0.15, -0.1) is 0 Å². The Morgan fingerprint density at radius 2 is 2.07 bits per heavy atom. The zero-order valence-electron chi connectivity index (χ0n) is 7.34. The fourth-order valence-corrected chi connectivity index (χ4v) is 3.65. The Labute approximate surface area is 98.0 Å². The normalized spacial score (nSPS) is 12.1. The minimum atomic E-state index is -4.24. The highest BCUT2D eigenvalue weighted by molar-refractivity contribution is 9.10. The Morgan fingerprint density at radius 1 is 1.53 bits per heavy atom. The first-order valence-electron chi connectivity index (χ1n) is 3.63. The second kappa shape index (κ2) is 4.31. The van der Waals surface area contributed by atoms with Crippen LogP contribution in [0.1, 0.15) is 17.8 Å². The second-order valence-electron chi connectivity index (χ2n) is 2.70. The highest BCUT2D eigenvalue weighted by Crippen LogP contribution is 2.33. The molecule has 0 saturated heterocycles. The van der Waals surface area contributed by atoms with Crippen LogP contribution < -0.4 is 0 Å². The maximum atomic E-state index is 12.5. The average molecular weight is 321 g/mol. The number of halogens is 4. The largest absolute Gasteiger partial charge is 0.281 e. The average Bonchev–Trinajstić information content (AvgIpc) is 1.99. The Kier molecular flexibility index (Phi) is 3.67. The lowest BCUT2D eigenvalue weighted by Crippen LogP contribution is -2.04. The van der Waals surface area contributed by atoms with Gasteiger partial charge in [-0.25, -0.2) is 17.2 Å². The van der Waals surface area contributed by atoms with Crippen LogP contribution in [0.15, 0.2) is 15.4 Å². The number of rotatable bonds is 2. The lowest BCUT2D eigenvalue weighted by Gasteiger charge is -2.08. The van der Waals surface area contributed by atoms with Gasteiger partial charge in [-0.1, -0.05) is 0 Å². The SMILES string of the molecule is Cc1cc(Br)c(S(=O)(=O)Cl)c(C(F)F)n1. The van der Waals surface area contributed by atoms with Crippen molar-refractivity contribution in [3.05, 3.63) is 21.9 Å². The van der Waals surface area contributed by atoms with Crippen molar-refractivity contribution < 1.29 is 17.2 Å². The predicted octanol–water partition coefficient (Wildman–Crippen LogP) is 3.02. The molecule has 0 fully saturated rings. The molecule has 1 heterocycles. The molecule has 0 amide bonds. The van der Waals surface area contributed by atoms with E-state index in [0.717, 1.165) is 0 Å². The second-order valence-corrected chi connectivity index (χ2v) is 6.06. The number of aryl methyl sites for hydroxylation is 1. The zero-order valence-corrected chi connectivity index (χ0v) is 10.5. The standard InChI is InChI=1S/C7H5BrClF2NO2S/c1-3-2-4(8)6(15(9,13)14)5(12-3)7(10)11/h2,7H,1H3. The number of hydrogen-bond donors (Lipinski definition) is 0. The molecule has 0 N–H and O–H groups in total. The van der Waals surface area contributed by atoms with Crippen LogP contribution in [-0.4, -0.2) is 13.4 Å². The van der Waals surface area contributed by atoms with Crippen LogP contribution in [0.3, 0.4) is 0 Å². The smallest absolute Gasteiger partial charge is 0.251 e. The summed E-state index contributed by atoms with van der Waals surface area (Å²) in [5.41, 5.74) is -0.557. The molecule has 0 radical (unpaired) electrons. The van der Waals surface area contributed by atoms with E-state index in [1.807, 2.05) is 0 Å². The molecule has 0 atom stereocenters. The van der Waals surface area contributed by atoms with Crippen molar-refractivity contribution in [2.24, 2.45) is 0 Å². The van der Waals surface area contributed by atoms with Gasteiger partial charge in [0.15, 0.2) is 0 Å². The van der Waals surface area contributed by atoms with Crippen molar-refractivity contribution in [3.8, 4) is 0 Å². The van der Waals surface area contributed by atoms with E-state index in [1.54, 1.807) is 0 Å². The molecular weight excluding hydrogens is 316 g/mol. The van der Waals surface area contributed by atoms with Crippen LogP contribution in [0, 0.1) is 6.92 Å². The molecule has 1 rings (SSSR count). The van der Waals surface area contributed by atoms with Crippen molar-refractivity contribution in [1.82, 2.24) is 4.98 Å². The van der Waals surface area contributed by atoms with Gasteiger partial charge in [-0.2, -0.15) is 0 Å². The molecule has 0 aliphatic rings. The summed E-state index contributed by atoms with van der Waals surface area (Å²) < 4.78 is 47.1. The van der Waals surface area contributed by atoms with Crippen LogP contribution in [0.25, 0.3) is 0 Å². The summed E-state index contributed by atoms with van der Waals surface area (Å²) in [6, 6.07) is 1.31.